The van der Waals surface area contributed by atoms with E-state index >= 15 is 0 Å². The molecule has 5 rings (SSSR count). The molecule has 2 fully saturated rings. The van der Waals surface area contributed by atoms with Crippen molar-refractivity contribution in [3.8, 4) is 23.0 Å². The van der Waals surface area contributed by atoms with Crippen LogP contribution in [-0.4, -0.2) is 116 Å². The van der Waals surface area contributed by atoms with Gasteiger partial charge in [-0.3, -0.25) is 4.79 Å². The minimum Gasteiger partial charge on any atom is -0.507 e. The van der Waals surface area contributed by atoms with Crippen molar-refractivity contribution in [2.45, 2.75) is 55.3 Å². The minimum absolute atomic E-state index is 0.00231. The Morgan fingerprint density at radius 2 is 1.60 bits per heavy atom. The van der Waals surface area contributed by atoms with E-state index in [2.05, 4.69) is 0 Å². The fourth-order valence-electron chi connectivity index (χ4n) is 4.59. The maximum absolute atomic E-state index is 13.2. The Morgan fingerprint density at radius 3 is 2.33 bits per heavy atom. The highest BCUT2D eigenvalue weighted by molar-refractivity contribution is 5.97. The van der Waals surface area contributed by atoms with Crippen molar-refractivity contribution >= 4 is 21.9 Å². The predicted octanol–water partition coefficient (Wildman–Crippen LogP) is -1.99. The van der Waals surface area contributed by atoms with E-state index in [-0.39, 0.29) is 40.0 Å². The van der Waals surface area contributed by atoms with Gasteiger partial charge in [-0.05, 0) is 12.1 Å². The summed E-state index contributed by atoms with van der Waals surface area (Å²) in [5.41, 5.74) is -0.841. The first-order valence-corrected chi connectivity index (χ1v) is 12.1. The van der Waals surface area contributed by atoms with E-state index in [1.165, 1.54) is 31.4 Å². The SMILES string of the molecule is COc1cc(O)c2c(=O)c3c(O)c(OC4OC(COC5OCC(O)C(O)C5O)C(O)C(O)C4O)ccc3oc2c1. The van der Waals surface area contributed by atoms with Crippen LogP contribution in [0.2, 0.25) is 0 Å². The Balaban J connectivity index is 1.39. The quantitative estimate of drug-likeness (QED) is 0.150. The van der Waals surface area contributed by atoms with E-state index in [9.17, 15) is 45.6 Å². The molecule has 9 atom stereocenters. The molecule has 1 aromatic heterocycles. The molecule has 0 spiro atoms. The van der Waals surface area contributed by atoms with Crippen molar-refractivity contribution in [2.75, 3.05) is 20.3 Å². The van der Waals surface area contributed by atoms with Crippen LogP contribution in [-0.2, 0) is 14.2 Å². The van der Waals surface area contributed by atoms with Crippen LogP contribution in [0, 0.1) is 0 Å². The Kier molecular flexibility index (Phi) is 7.75. The number of fused-ring (bicyclic) bond motifs is 2. The Bertz CT molecular complexity index is 1440. The number of benzene rings is 2. The molecule has 2 aliphatic rings. The number of aromatic hydroxyl groups is 2. The second-order valence-electron chi connectivity index (χ2n) is 9.45. The van der Waals surface area contributed by atoms with Gasteiger partial charge in [0.25, 0.3) is 0 Å². The Morgan fingerprint density at radius 1 is 0.875 bits per heavy atom. The Labute approximate surface area is 224 Å². The molecule has 15 nitrogen and oxygen atoms in total. The molecule has 2 aliphatic heterocycles. The molecule has 15 heteroatoms. The molecule has 3 heterocycles. The second-order valence-corrected chi connectivity index (χ2v) is 9.45. The fraction of sp³-hybridized carbons (Fsp3) is 0.480. The number of rotatable bonds is 6. The van der Waals surface area contributed by atoms with E-state index in [4.69, 9.17) is 28.1 Å². The molecule has 9 unspecified atom stereocenters. The molecule has 2 saturated heterocycles. The molecule has 8 N–H and O–H groups in total. The van der Waals surface area contributed by atoms with Gasteiger partial charge < -0.3 is 69.0 Å². The van der Waals surface area contributed by atoms with Crippen LogP contribution in [0.5, 0.6) is 23.0 Å². The largest absolute Gasteiger partial charge is 0.507 e. The van der Waals surface area contributed by atoms with Crippen LogP contribution in [0.15, 0.2) is 33.5 Å². The van der Waals surface area contributed by atoms with E-state index in [1.54, 1.807) is 0 Å². The second kappa shape index (κ2) is 11.0. The number of aliphatic hydroxyl groups is 6. The average Bonchev–Trinajstić information content (AvgIpc) is 2.93. The number of methoxy groups -OCH3 is 1. The third-order valence-corrected chi connectivity index (χ3v) is 6.86. The van der Waals surface area contributed by atoms with Gasteiger partial charge in [-0.1, -0.05) is 0 Å². The first-order chi connectivity index (χ1) is 19.0. The number of phenols is 2. The van der Waals surface area contributed by atoms with E-state index in [0.29, 0.717) is 0 Å². The predicted molar refractivity (Wildman–Crippen MR) is 131 cm³/mol. The molecule has 0 amide bonds. The van der Waals surface area contributed by atoms with Crippen molar-refractivity contribution in [1.29, 1.82) is 0 Å². The van der Waals surface area contributed by atoms with Gasteiger partial charge in [-0.25, -0.2) is 0 Å². The highest BCUT2D eigenvalue weighted by Gasteiger charge is 2.46. The molecule has 3 aromatic rings. The lowest BCUT2D eigenvalue weighted by Gasteiger charge is -2.41. The van der Waals surface area contributed by atoms with Crippen molar-refractivity contribution in [3.05, 3.63) is 34.5 Å². The smallest absolute Gasteiger partial charge is 0.229 e. The summed E-state index contributed by atoms with van der Waals surface area (Å²) < 4.78 is 32.3. The zero-order valence-electron chi connectivity index (χ0n) is 20.9. The average molecular weight is 568 g/mol. The third-order valence-electron chi connectivity index (χ3n) is 6.86. The van der Waals surface area contributed by atoms with E-state index < -0.39 is 78.8 Å². The molecule has 0 saturated carbocycles. The van der Waals surface area contributed by atoms with Gasteiger partial charge in [0.2, 0.25) is 11.7 Å². The maximum atomic E-state index is 13.2. The van der Waals surface area contributed by atoms with Gasteiger partial charge in [0.05, 0.1) is 20.3 Å². The van der Waals surface area contributed by atoms with Crippen LogP contribution >= 0.6 is 0 Å². The minimum atomic E-state index is -1.82. The lowest BCUT2D eigenvalue weighted by atomic mass is 9.99. The van der Waals surface area contributed by atoms with Gasteiger partial charge >= 0.3 is 0 Å². The van der Waals surface area contributed by atoms with Crippen LogP contribution < -0.4 is 14.9 Å². The summed E-state index contributed by atoms with van der Waals surface area (Å²) in [4.78, 5) is 13.2. The zero-order chi connectivity index (χ0) is 28.9. The maximum Gasteiger partial charge on any atom is 0.229 e. The standard InChI is InChI=1S/C25H28O15/c1-35-8-4-9(26)15-13(5-8)38-11-2-3-12(18(29)16(11)20(15)31)39-25-23(34)21(32)19(30)14(40-25)7-37-24-22(33)17(28)10(27)6-36-24/h2-5,10,14,17,19,21-30,32-34H,6-7H2,1H3. The molecule has 0 radical (unpaired) electrons. The molecule has 0 aliphatic carbocycles. The van der Waals surface area contributed by atoms with Crippen LogP contribution in [0.1, 0.15) is 0 Å². The monoisotopic (exact) mass is 568 g/mol. The third kappa shape index (κ3) is 4.91. The first-order valence-electron chi connectivity index (χ1n) is 12.1. The van der Waals surface area contributed by atoms with Gasteiger partial charge in [0.1, 0.15) is 76.2 Å². The lowest BCUT2D eigenvalue weighted by molar-refractivity contribution is -0.307. The van der Waals surface area contributed by atoms with Crippen molar-refractivity contribution in [2.24, 2.45) is 0 Å². The van der Waals surface area contributed by atoms with Gasteiger partial charge in [-0.15, -0.1) is 0 Å². The summed E-state index contributed by atoms with van der Waals surface area (Å²) in [6.07, 6.45) is -14.2. The van der Waals surface area contributed by atoms with Crippen molar-refractivity contribution in [3.63, 3.8) is 0 Å². The highest BCUT2D eigenvalue weighted by Crippen LogP contribution is 2.38. The number of phenolic OH excluding ortho intramolecular Hbond substituents is 2. The van der Waals surface area contributed by atoms with Crippen molar-refractivity contribution in [1.82, 2.24) is 0 Å². The van der Waals surface area contributed by atoms with Crippen molar-refractivity contribution < 1.29 is 69.0 Å². The van der Waals surface area contributed by atoms with Crippen LogP contribution in [0.25, 0.3) is 21.9 Å². The summed E-state index contributed by atoms with van der Waals surface area (Å²) in [6.45, 7) is -0.850. The number of aliphatic hydroxyl groups excluding tert-OH is 6. The molecular formula is C25H28O15. The van der Waals surface area contributed by atoms with Gasteiger partial charge in [-0.2, -0.15) is 0 Å². The van der Waals surface area contributed by atoms with E-state index in [0.717, 1.165) is 0 Å². The normalized spacial score (nSPS) is 32.8. The first kappa shape index (κ1) is 28.3. The van der Waals surface area contributed by atoms with Gasteiger partial charge in [0.15, 0.2) is 17.8 Å². The van der Waals surface area contributed by atoms with E-state index in [1.807, 2.05) is 0 Å². The topological polar surface area (TPSA) is 238 Å². The molecular weight excluding hydrogens is 540 g/mol. The Hall–Kier alpha value is -3.25. The summed E-state index contributed by atoms with van der Waals surface area (Å²) >= 11 is 0. The van der Waals surface area contributed by atoms with Crippen LogP contribution in [0.4, 0.5) is 0 Å². The molecule has 2 aromatic carbocycles. The number of ether oxygens (including phenoxy) is 5. The number of hydrogen-bond donors (Lipinski definition) is 8. The zero-order valence-corrected chi connectivity index (χ0v) is 20.9. The molecule has 0 bridgehead atoms. The molecule has 218 valence electrons. The summed E-state index contributed by atoms with van der Waals surface area (Å²) in [7, 11) is 1.37. The molecule has 40 heavy (non-hydrogen) atoms. The van der Waals surface area contributed by atoms with Crippen LogP contribution in [0.3, 0.4) is 0 Å². The summed E-state index contributed by atoms with van der Waals surface area (Å²) in [6, 6.07) is 5.09. The van der Waals surface area contributed by atoms with Gasteiger partial charge in [0, 0.05) is 12.1 Å². The summed E-state index contributed by atoms with van der Waals surface area (Å²) in [5, 5.41) is 81.2. The number of hydrogen-bond acceptors (Lipinski definition) is 15. The summed E-state index contributed by atoms with van der Waals surface area (Å²) in [5.74, 6) is -1.28. The fourth-order valence-corrected chi connectivity index (χ4v) is 4.59. The lowest BCUT2D eigenvalue weighted by Crippen LogP contribution is -2.61. The highest BCUT2D eigenvalue weighted by atomic mass is 16.7.